The zero-order valence-electron chi connectivity index (χ0n) is 31.5. The Balaban J connectivity index is 3.11. The highest BCUT2D eigenvalue weighted by Crippen LogP contribution is 2.08. The van der Waals surface area contributed by atoms with Crippen LogP contribution in [0.5, 0.6) is 0 Å². The van der Waals surface area contributed by atoms with Crippen LogP contribution in [0.2, 0.25) is 19.6 Å². The maximum absolute atomic E-state index is 11.7. The fraction of sp³-hybridized carbons (Fsp3) is 0.971. The highest BCUT2D eigenvalue weighted by atomic mass is 28.4. The summed E-state index contributed by atoms with van der Waals surface area (Å²) in [4.78, 5) is 11.7. The van der Waals surface area contributed by atoms with Crippen molar-refractivity contribution >= 4 is 14.3 Å². The molecule has 0 radical (unpaired) electrons. The molecule has 0 amide bonds. The zero-order chi connectivity index (χ0) is 35.8. The second-order valence-corrected chi connectivity index (χ2v) is 16.7. The number of ether oxygens (including phenoxy) is 11. The summed E-state index contributed by atoms with van der Waals surface area (Å²) in [5.41, 5.74) is 0. The molecule has 0 fully saturated rings. The lowest BCUT2D eigenvalue weighted by Gasteiger charge is -2.16. The Hall–Kier alpha value is -0.753. The summed E-state index contributed by atoms with van der Waals surface area (Å²) in [7, 11) is -1.45. The Morgan fingerprint density at radius 2 is 0.633 bits per heavy atom. The van der Waals surface area contributed by atoms with Gasteiger partial charge >= 0.3 is 5.97 Å². The van der Waals surface area contributed by atoms with Gasteiger partial charge in [-0.15, -0.1) is 0 Å². The smallest absolute Gasteiger partial charge is 0.305 e. The van der Waals surface area contributed by atoms with E-state index in [1.807, 2.05) is 0 Å². The minimum Gasteiger partial charge on any atom is -0.463 e. The molecule has 0 unspecified atom stereocenters. The zero-order valence-corrected chi connectivity index (χ0v) is 32.5. The van der Waals surface area contributed by atoms with E-state index in [1.54, 1.807) is 0 Å². The van der Waals surface area contributed by atoms with Crippen LogP contribution >= 0.6 is 0 Å². The van der Waals surface area contributed by atoms with Crippen LogP contribution in [0.15, 0.2) is 0 Å². The van der Waals surface area contributed by atoms with Crippen molar-refractivity contribution in [3.05, 3.63) is 0 Å². The number of rotatable bonds is 42. The van der Waals surface area contributed by atoms with Gasteiger partial charge in [0.1, 0.15) is 6.61 Å². The lowest BCUT2D eigenvalue weighted by Crippen LogP contribution is -2.27. The van der Waals surface area contributed by atoms with E-state index in [-0.39, 0.29) is 12.6 Å². The summed E-state index contributed by atoms with van der Waals surface area (Å²) < 4.78 is 65.7. The molecular weight excluding hydrogens is 656 g/mol. The molecule has 0 N–H and O–H groups in total. The number of carbonyl (C=O) groups excluding carboxylic acids is 1. The van der Waals surface area contributed by atoms with Crippen molar-refractivity contribution in [2.75, 3.05) is 145 Å². The molecule has 0 saturated heterocycles. The fourth-order valence-corrected chi connectivity index (χ4v) is 4.70. The maximum Gasteiger partial charge on any atom is 0.305 e. The van der Waals surface area contributed by atoms with Crippen LogP contribution in [-0.2, 0) is 61.3 Å². The third-order valence-corrected chi connectivity index (χ3v) is 7.66. The van der Waals surface area contributed by atoms with Gasteiger partial charge in [-0.2, -0.15) is 0 Å². The molecule has 0 spiro atoms. The molecule has 0 aromatic heterocycles. The van der Waals surface area contributed by atoms with Crippen LogP contribution in [0.3, 0.4) is 0 Å². The molecule has 14 heteroatoms. The molecule has 0 rings (SSSR count). The van der Waals surface area contributed by atoms with E-state index in [2.05, 4.69) is 26.6 Å². The van der Waals surface area contributed by atoms with Crippen LogP contribution in [0.4, 0.5) is 0 Å². The molecule has 0 aromatic rings. The van der Waals surface area contributed by atoms with E-state index in [0.29, 0.717) is 145 Å². The van der Waals surface area contributed by atoms with Crippen LogP contribution in [0, 0.1) is 0 Å². The molecular formula is C35H72O13Si. The van der Waals surface area contributed by atoms with E-state index >= 15 is 0 Å². The number of hydrogen-bond acceptors (Lipinski definition) is 13. The van der Waals surface area contributed by atoms with Crippen LogP contribution < -0.4 is 0 Å². The third-order valence-electron chi connectivity index (χ3n) is 6.59. The molecule has 0 saturated carbocycles. The number of esters is 1. The summed E-state index contributed by atoms with van der Waals surface area (Å²) in [6.07, 6.45) is 8.80. The topological polar surface area (TPSA) is 128 Å². The number of carbonyl (C=O) groups is 1. The molecule has 294 valence electrons. The lowest BCUT2D eigenvalue weighted by molar-refractivity contribution is -0.145. The van der Waals surface area contributed by atoms with Crippen LogP contribution in [0.1, 0.15) is 58.3 Å². The standard InChI is InChI=1S/C35H72O13Si/c1-5-6-7-8-9-10-11-12-35(36)47-33-31-45-29-27-43-25-23-41-21-19-39-17-15-37-13-14-38-16-18-40-20-22-42-24-26-44-28-30-46-32-34-48-49(2,3)4/h5-34H2,1-4H3. The Morgan fingerprint density at radius 3 is 0.939 bits per heavy atom. The Kier molecular flexibility index (Phi) is 39.4. The first kappa shape index (κ1) is 48.2. The molecule has 0 bridgehead atoms. The lowest BCUT2D eigenvalue weighted by atomic mass is 10.1. The normalized spacial score (nSPS) is 11.8. The second-order valence-electron chi connectivity index (χ2n) is 12.2. The monoisotopic (exact) mass is 728 g/mol. The second kappa shape index (κ2) is 40.0. The third kappa shape index (κ3) is 45.2. The first-order chi connectivity index (χ1) is 24.0. The average molecular weight is 729 g/mol. The van der Waals surface area contributed by atoms with Gasteiger partial charge in [-0.1, -0.05) is 45.4 Å². The van der Waals surface area contributed by atoms with Gasteiger partial charge in [-0.05, 0) is 26.1 Å². The van der Waals surface area contributed by atoms with Crippen molar-refractivity contribution in [1.82, 2.24) is 0 Å². The SMILES string of the molecule is CCCCCCCCCC(=O)OCCOCCOCCOCCOCCOCCOCCOCCOCCOCCOCCO[Si](C)(C)C. The van der Waals surface area contributed by atoms with Crippen LogP contribution in [-0.4, -0.2) is 160 Å². The summed E-state index contributed by atoms with van der Waals surface area (Å²) in [6, 6.07) is 0. The molecule has 13 nitrogen and oxygen atoms in total. The first-order valence-electron chi connectivity index (χ1n) is 18.5. The quantitative estimate of drug-likeness (QED) is 0.0491. The highest BCUT2D eigenvalue weighted by Gasteiger charge is 2.13. The van der Waals surface area contributed by atoms with Gasteiger partial charge < -0.3 is 56.5 Å². The van der Waals surface area contributed by atoms with E-state index < -0.39 is 8.32 Å². The van der Waals surface area contributed by atoms with Crippen molar-refractivity contribution < 1.29 is 61.3 Å². The van der Waals surface area contributed by atoms with Crippen molar-refractivity contribution in [2.45, 2.75) is 77.9 Å². The molecule has 0 aliphatic heterocycles. The maximum atomic E-state index is 11.7. The Morgan fingerprint density at radius 1 is 0.367 bits per heavy atom. The van der Waals surface area contributed by atoms with E-state index in [4.69, 9.17) is 56.5 Å². The van der Waals surface area contributed by atoms with Crippen LogP contribution in [0.25, 0.3) is 0 Å². The van der Waals surface area contributed by atoms with Gasteiger partial charge in [0.05, 0.1) is 139 Å². The molecule has 0 heterocycles. The summed E-state index contributed by atoms with van der Waals surface area (Å²) in [6.45, 7) is 19.8. The summed E-state index contributed by atoms with van der Waals surface area (Å²) >= 11 is 0. The van der Waals surface area contributed by atoms with Gasteiger partial charge in [0.25, 0.3) is 0 Å². The fourth-order valence-electron chi connectivity index (χ4n) is 4.00. The molecule has 0 atom stereocenters. The van der Waals surface area contributed by atoms with Crippen molar-refractivity contribution in [3.8, 4) is 0 Å². The van der Waals surface area contributed by atoms with Crippen molar-refractivity contribution in [1.29, 1.82) is 0 Å². The van der Waals surface area contributed by atoms with E-state index in [9.17, 15) is 4.79 Å². The Labute approximate surface area is 298 Å². The van der Waals surface area contributed by atoms with Gasteiger partial charge in [0.2, 0.25) is 0 Å². The molecule has 0 aliphatic rings. The minimum absolute atomic E-state index is 0.140. The summed E-state index contributed by atoms with van der Waals surface area (Å²) in [5, 5.41) is 0. The average Bonchev–Trinajstić information content (AvgIpc) is 3.07. The minimum atomic E-state index is -1.45. The van der Waals surface area contributed by atoms with Gasteiger partial charge in [0, 0.05) is 6.42 Å². The van der Waals surface area contributed by atoms with Crippen molar-refractivity contribution in [3.63, 3.8) is 0 Å². The predicted octanol–water partition coefficient (Wildman–Crippen LogP) is 4.69. The molecule has 0 aliphatic carbocycles. The predicted molar refractivity (Wildman–Crippen MR) is 191 cm³/mol. The largest absolute Gasteiger partial charge is 0.463 e. The first-order valence-corrected chi connectivity index (χ1v) is 21.9. The number of unbranched alkanes of at least 4 members (excludes halogenated alkanes) is 6. The molecule has 49 heavy (non-hydrogen) atoms. The van der Waals surface area contributed by atoms with E-state index in [0.717, 1.165) is 12.8 Å². The van der Waals surface area contributed by atoms with Gasteiger partial charge in [-0.3, -0.25) is 4.79 Å². The van der Waals surface area contributed by atoms with Crippen molar-refractivity contribution in [2.24, 2.45) is 0 Å². The van der Waals surface area contributed by atoms with E-state index in [1.165, 1.54) is 32.1 Å². The van der Waals surface area contributed by atoms with Gasteiger partial charge in [-0.25, -0.2) is 0 Å². The Bertz CT molecular complexity index is 656. The highest BCUT2D eigenvalue weighted by molar-refractivity contribution is 6.69. The molecule has 0 aromatic carbocycles. The number of hydrogen-bond donors (Lipinski definition) is 0. The summed E-state index contributed by atoms with van der Waals surface area (Å²) in [5.74, 6) is -0.140. The van der Waals surface area contributed by atoms with Gasteiger partial charge in [0.15, 0.2) is 8.32 Å².